The molecular formula is C12H19F6NO. The molecule has 8 heteroatoms. The Balaban J connectivity index is 6.09. The molecule has 0 atom stereocenters. The van der Waals surface area contributed by atoms with Crippen LogP contribution in [0.5, 0.6) is 0 Å². The highest BCUT2D eigenvalue weighted by Crippen LogP contribution is 2.54. The average molecular weight is 307 g/mol. The van der Waals surface area contributed by atoms with E-state index < -0.39 is 42.2 Å². The van der Waals surface area contributed by atoms with E-state index in [9.17, 15) is 31.1 Å². The van der Waals surface area contributed by atoms with E-state index in [0.29, 0.717) is 4.90 Å². The van der Waals surface area contributed by atoms with Crippen molar-refractivity contribution >= 4 is 5.91 Å². The number of alkyl halides is 6. The van der Waals surface area contributed by atoms with Crippen molar-refractivity contribution < 1.29 is 31.1 Å². The Morgan fingerprint density at radius 1 is 0.900 bits per heavy atom. The Morgan fingerprint density at radius 3 is 1.35 bits per heavy atom. The molecule has 0 heterocycles. The molecule has 0 aliphatic rings. The highest BCUT2D eigenvalue weighted by molar-refractivity contribution is 5.85. The molecule has 0 rings (SSSR count). The maximum Gasteiger partial charge on any atom is 0.412 e. The zero-order valence-corrected chi connectivity index (χ0v) is 12.0. The predicted molar refractivity (Wildman–Crippen MR) is 62.0 cm³/mol. The van der Waals surface area contributed by atoms with Crippen LogP contribution >= 0.6 is 0 Å². The standard InChI is InChI=1S/C12H19F6NO/c1-6-10(11(13,14)15,12(16,17)18)9(20)19(7(2)3)8(4)5/h7-8H,6H2,1-5H3. The van der Waals surface area contributed by atoms with Crippen LogP contribution in [0.15, 0.2) is 0 Å². The van der Waals surface area contributed by atoms with Gasteiger partial charge in [-0.1, -0.05) is 6.92 Å². The molecule has 120 valence electrons. The van der Waals surface area contributed by atoms with Gasteiger partial charge in [-0.05, 0) is 34.1 Å². The fourth-order valence-corrected chi connectivity index (χ4v) is 2.24. The summed E-state index contributed by atoms with van der Waals surface area (Å²) in [6, 6.07) is -1.53. The molecule has 0 aromatic rings. The largest absolute Gasteiger partial charge is 0.412 e. The van der Waals surface area contributed by atoms with Gasteiger partial charge < -0.3 is 4.90 Å². The quantitative estimate of drug-likeness (QED) is 0.714. The third-order valence-electron chi connectivity index (χ3n) is 3.21. The Morgan fingerprint density at radius 2 is 1.20 bits per heavy atom. The van der Waals surface area contributed by atoms with Gasteiger partial charge in [-0.25, -0.2) is 0 Å². The molecule has 0 radical (unpaired) electrons. The molecule has 0 aromatic heterocycles. The minimum Gasteiger partial charge on any atom is -0.337 e. The SMILES string of the molecule is CCC(C(=O)N(C(C)C)C(C)C)(C(F)(F)F)C(F)(F)F. The lowest BCUT2D eigenvalue weighted by molar-refractivity contribution is -0.330. The van der Waals surface area contributed by atoms with Crippen molar-refractivity contribution in [2.75, 3.05) is 0 Å². The van der Waals surface area contributed by atoms with Crippen LogP contribution in [-0.2, 0) is 4.79 Å². The van der Waals surface area contributed by atoms with E-state index in [1.165, 1.54) is 27.7 Å². The van der Waals surface area contributed by atoms with Crippen molar-refractivity contribution in [2.45, 2.75) is 65.5 Å². The van der Waals surface area contributed by atoms with Gasteiger partial charge in [-0.3, -0.25) is 4.79 Å². The lowest BCUT2D eigenvalue weighted by Crippen LogP contribution is -2.62. The minimum absolute atomic E-state index is 0.629. The molecule has 0 aliphatic carbocycles. The molecule has 0 aromatic carbocycles. The Bertz CT molecular complexity index is 323. The Kier molecular flexibility index (Phi) is 5.53. The molecule has 2 nitrogen and oxygen atoms in total. The Labute approximate surface area is 114 Å². The number of hydrogen-bond donors (Lipinski definition) is 0. The van der Waals surface area contributed by atoms with Crippen molar-refractivity contribution in [3.8, 4) is 0 Å². The molecule has 0 saturated heterocycles. The van der Waals surface area contributed by atoms with Crippen LogP contribution in [0.1, 0.15) is 41.0 Å². The van der Waals surface area contributed by atoms with Crippen LogP contribution in [0, 0.1) is 5.41 Å². The van der Waals surface area contributed by atoms with Crippen molar-refractivity contribution in [3.63, 3.8) is 0 Å². The van der Waals surface area contributed by atoms with Crippen LogP contribution in [0.2, 0.25) is 0 Å². The minimum atomic E-state index is -5.70. The maximum absolute atomic E-state index is 13.0. The van der Waals surface area contributed by atoms with Gasteiger partial charge in [0.15, 0.2) is 0 Å². The monoisotopic (exact) mass is 307 g/mol. The lowest BCUT2D eigenvalue weighted by atomic mass is 9.81. The number of rotatable bonds is 4. The summed E-state index contributed by atoms with van der Waals surface area (Å²) in [5.74, 6) is -1.94. The number of carbonyl (C=O) groups is 1. The number of amides is 1. The first kappa shape index (κ1) is 19.1. The van der Waals surface area contributed by atoms with E-state index in [2.05, 4.69) is 0 Å². The topological polar surface area (TPSA) is 20.3 Å². The summed E-state index contributed by atoms with van der Waals surface area (Å²) in [4.78, 5) is 12.7. The second-order valence-corrected chi connectivity index (χ2v) is 5.15. The van der Waals surface area contributed by atoms with E-state index in [1.807, 2.05) is 0 Å². The van der Waals surface area contributed by atoms with Gasteiger partial charge in [-0.2, -0.15) is 26.3 Å². The van der Waals surface area contributed by atoms with Crippen LogP contribution in [-0.4, -0.2) is 35.2 Å². The molecular weight excluding hydrogens is 288 g/mol. The van der Waals surface area contributed by atoms with Gasteiger partial charge in [0, 0.05) is 12.1 Å². The highest BCUT2D eigenvalue weighted by Gasteiger charge is 2.75. The zero-order chi connectivity index (χ0) is 16.5. The molecule has 0 spiro atoms. The number of hydrogen-bond acceptors (Lipinski definition) is 1. The van der Waals surface area contributed by atoms with Gasteiger partial charge in [0.05, 0.1) is 0 Å². The first-order valence-electron chi connectivity index (χ1n) is 6.20. The summed E-state index contributed by atoms with van der Waals surface area (Å²) in [5.41, 5.74) is -4.35. The van der Waals surface area contributed by atoms with E-state index in [4.69, 9.17) is 0 Å². The Hall–Kier alpha value is -0.950. The summed E-state index contributed by atoms with van der Waals surface area (Å²) >= 11 is 0. The van der Waals surface area contributed by atoms with E-state index in [-0.39, 0.29) is 0 Å². The molecule has 0 bridgehead atoms. The third-order valence-corrected chi connectivity index (χ3v) is 3.21. The van der Waals surface area contributed by atoms with E-state index in [0.717, 1.165) is 6.92 Å². The molecule has 0 fully saturated rings. The molecule has 20 heavy (non-hydrogen) atoms. The fraction of sp³-hybridized carbons (Fsp3) is 0.917. The van der Waals surface area contributed by atoms with Crippen molar-refractivity contribution in [3.05, 3.63) is 0 Å². The van der Waals surface area contributed by atoms with Gasteiger partial charge in [0.1, 0.15) is 0 Å². The van der Waals surface area contributed by atoms with Crippen LogP contribution in [0.4, 0.5) is 26.3 Å². The third kappa shape index (κ3) is 3.03. The second-order valence-electron chi connectivity index (χ2n) is 5.15. The second kappa shape index (κ2) is 5.81. The molecule has 0 saturated carbocycles. The van der Waals surface area contributed by atoms with Gasteiger partial charge >= 0.3 is 12.4 Å². The smallest absolute Gasteiger partial charge is 0.337 e. The molecule has 0 N–H and O–H groups in total. The van der Waals surface area contributed by atoms with Crippen LogP contribution in [0.3, 0.4) is 0 Å². The highest BCUT2D eigenvalue weighted by atomic mass is 19.4. The van der Waals surface area contributed by atoms with Crippen molar-refractivity contribution in [2.24, 2.45) is 5.41 Å². The maximum atomic E-state index is 13.0. The first-order chi connectivity index (χ1) is 8.74. The molecule has 0 unspecified atom stereocenters. The van der Waals surface area contributed by atoms with Gasteiger partial charge in [0.2, 0.25) is 11.3 Å². The van der Waals surface area contributed by atoms with Crippen LogP contribution in [0.25, 0.3) is 0 Å². The van der Waals surface area contributed by atoms with Crippen LogP contribution < -0.4 is 0 Å². The summed E-state index contributed by atoms with van der Waals surface area (Å²) < 4.78 is 78.2. The van der Waals surface area contributed by atoms with Gasteiger partial charge in [0.25, 0.3) is 0 Å². The number of halogens is 6. The van der Waals surface area contributed by atoms with E-state index in [1.54, 1.807) is 0 Å². The normalized spacial score (nSPS) is 14.1. The predicted octanol–water partition coefficient (Wildman–Crippen LogP) is 4.15. The number of nitrogens with zero attached hydrogens (tertiary/aromatic N) is 1. The summed E-state index contributed by atoms with van der Waals surface area (Å²) in [6.07, 6.45) is -12.8. The lowest BCUT2D eigenvalue weighted by Gasteiger charge is -2.42. The van der Waals surface area contributed by atoms with Crippen molar-refractivity contribution in [1.29, 1.82) is 0 Å². The first-order valence-corrected chi connectivity index (χ1v) is 6.20. The zero-order valence-electron chi connectivity index (χ0n) is 12.0. The molecule has 0 aliphatic heterocycles. The summed E-state index contributed by atoms with van der Waals surface area (Å²) in [6.45, 7) is 6.24. The fourth-order valence-electron chi connectivity index (χ4n) is 2.24. The van der Waals surface area contributed by atoms with Gasteiger partial charge in [-0.15, -0.1) is 0 Å². The average Bonchev–Trinajstić information content (AvgIpc) is 2.12. The summed E-state index contributed by atoms with van der Waals surface area (Å²) in [5, 5.41) is 0. The summed E-state index contributed by atoms with van der Waals surface area (Å²) in [7, 11) is 0. The molecule has 1 amide bonds. The number of carbonyl (C=O) groups excluding carboxylic acids is 1. The van der Waals surface area contributed by atoms with E-state index >= 15 is 0 Å². The van der Waals surface area contributed by atoms with Crippen molar-refractivity contribution in [1.82, 2.24) is 4.90 Å².